The fraction of sp³-hybridized carbons (Fsp3) is 0.385. The Bertz CT molecular complexity index is 1370. The Morgan fingerprint density at radius 2 is 1.91 bits per heavy atom. The molecule has 1 saturated carbocycles. The number of tetrazole rings is 1. The number of hydrogen-bond acceptors (Lipinski definition) is 5. The van der Waals surface area contributed by atoms with Crippen molar-refractivity contribution in [3.05, 3.63) is 81.4 Å². The van der Waals surface area contributed by atoms with Crippen molar-refractivity contribution < 1.29 is 0 Å². The number of H-pyrrole nitrogens is 1. The van der Waals surface area contributed by atoms with Gasteiger partial charge in [-0.2, -0.15) is 0 Å². The highest BCUT2D eigenvalue weighted by Gasteiger charge is 2.35. The van der Waals surface area contributed by atoms with Gasteiger partial charge in [-0.1, -0.05) is 49.1 Å². The molecule has 7 heteroatoms. The van der Waals surface area contributed by atoms with Gasteiger partial charge in [0, 0.05) is 23.3 Å². The smallest absolute Gasteiger partial charge is 0.254 e. The molecule has 4 aromatic rings. The van der Waals surface area contributed by atoms with Gasteiger partial charge in [-0.05, 0) is 71.8 Å². The van der Waals surface area contributed by atoms with Gasteiger partial charge in [-0.3, -0.25) is 4.79 Å². The fourth-order valence-corrected chi connectivity index (χ4v) is 5.59. The summed E-state index contributed by atoms with van der Waals surface area (Å²) in [5, 5.41) is 14.1. The van der Waals surface area contributed by atoms with Crippen LogP contribution in [0.5, 0.6) is 0 Å². The zero-order valence-corrected chi connectivity index (χ0v) is 18.9. The molecular weight excluding hydrogens is 412 g/mol. The largest absolute Gasteiger partial charge is 0.357 e. The molecule has 0 unspecified atom stereocenters. The lowest BCUT2D eigenvalue weighted by Gasteiger charge is -2.31. The van der Waals surface area contributed by atoms with Gasteiger partial charge in [0.15, 0.2) is 5.82 Å². The second-order valence-corrected chi connectivity index (χ2v) is 9.39. The van der Waals surface area contributed by atoms with Crippen molar-refractivity contribution in [2.75, 3.05) is 11.4 Å². The summed E-state index contributed by atoms with van der Waals surface area (Å²) in [6.07, 6.45) is 6.75. The van der Waals surface area contributed by atoms with Gasteiger partial charge in [-0.15, -0.1) is 5.10 Å². The van der Waals surface area contributed by atoms with Gasteiger partial charge in [0.1, 0.15) is 6.04 Å². The van der Waals surface area contributed by atoms with Crippen molar-refractivity contribution in [1.82, 2.24) is 25.2 Å². The van der Waals surface area contributed by atoms with E-state index in [1.165, 1.54) is 24.8 Å². The van der Waals surface area contributed by atoms with Crippen LogP contribution in [0.25, 0.3) is 10.9 Å². The first kappa shape index (κ1) is 20.1. The molecule has 6 rings (SSSR count). The summed E-state index contributed by atoms with van der Waals surface area (Å²) in [6, 6.07) is 16.5. The fourth-order valence-electron chi connectivity index (χ4n) is 5.59. The van der Waals surface area contributed by atoms with E-state index in [4.69, 9.17) is 0 Å². The zero-order chi connectivity index (χ0) is 22.4. The Kier molecular flexibility index (Phi) is 4.97. The predicted octanol–water partition coefficient (Wildman–Crippen LogP) is 4.48. The van der Waals surface area contributed by atoms with Crippen molar-refractivity contribution >= 4 is 16.6 Å². The first-order chi connectivity index (χ1) is 16.2. The third-order valence-electron chi connectivity index (χ3n) is 7.24. The highest BCUT2D eigenvalue weighted by Crippen LogP contribution is 2.39. The summed E-state index contributed by atoms with van der Waals surface area (Å²) in [7, 11) is 0. The van der Waals surface area contributed by atoms with Gasteiger partial charge in [0.25, 0.3) is 5.56 Å². The van der Waals surface area contributed by atoms with Crippen molar-refractivity contribution in [3.8, 4) is 0 Å². The first-order valence-electron chi connectivity index (χ1n) is 11.9. The zero-order valence-electron chi connectivity index (χ0n) is 18.9. The molecule has 2 aromatic heterocycles. The Hall–Kier alpha value is -3.48. The summed E-state index contributed by atoms with van der Waals surface area (Å²) in [5.41, 5.74) is 5.07. The maximum absolute atomic E-state index is 13.5. The second-order valence-electron chi connectivity index (χ2n) is 9.39. The molecule has 0 bridgehead atoms. The number of nitrogens with one attached hydrogen (secondary N) is 1. The SMILES string of the molecule is Cc1ccc2[nH]c(=O)c([C@H](c3nnnn3C3CCCCC3)N3CCc4ccccc43)cc2c1. The van der Waals surface area contributed by atoms with Crippen LogP contribution in [0.1, 0.15) is 66.7 Å². The molecule has 1 aliphatic carbocycles. The summed E-state index contributed by atoms with van der Waals surface area (Å²) < 4.78 is 2.00. The van der Waals surface area contributed by atoms with E-state index in [1.54, 1.807) is 0 Å². The number of anilines is 1. The molecule has 3 heterocycles. The van der Waals surface area contributed by atoms with Gasteiger partial charge < -0.3 is 9.88 Å². The first-order valence-corrected chi connectivity index (χ1v) is 11.9. The summed E-state index contributed by atoms with van der Waals surface area (Å²) in [4.78, 5) is 18.9. The van der Waals surface area contributed by atoms with E-state index < -0.39 is 0 Å². The van der Waals surface area contributed by atoms with Gasteiger partial charge >= 0.3 is 0 Å². The lowest BCUT2D eigenvalue weighted by atomic mass is 9.95. The molecule has 0 amide bonds. The summed E-state index contributed by atoms with van der Waals surface area (Å²) >= 11 is 0. The average Bonchev–Trinajstić information content (AvgIpc) is 3.49. The Labute approximate surface area is 192 Å². The van der Waals surface area contributed by atoms with Crippen LogP contribution in [0.2, 0.25) is 0 Å². The van der Waals surface area contributed by atoms with Crippen LogP contribution in [-0.4, -0.2) is 31.7 Å². The average molecular weight is 441 g/mol. The highest BCUT2D eigenvalue weighted by atomic mass is 16.1. The molecule has 0 radical (unpaired) electrons. The number of nitrogens with zero attached hydrogens (tertiary/aromatic N) is 5. The maximum atomic E-state index is 13.5. The normalized spacial score (nSPS) is 17.4. The molecule has 2 aliphatic rings. The summed E-state index contributed by atoms with van der Waals surface area (Å²) in [6.45, 7) is 2.90. The van der Waals surface area contributed by atoms with Crippen LogP contribution in [0, 0.1) is 6.92 Å². The molecule has 168 valence electrons. The molecule has 1 fully saturated rings. The minimum absolute atomic E-state index is 0.0843. The molecule has 0 spiro atoms. The molecule has 33 heavy (non-hydrogen) atoms. The minimum Gasteiger partial charge on any atom is -0.357 e. The lowest BCUT2D eigenvalue weighted by Crippen LogP contribution is -2.35. The lowest BCUT2D eigenvalue weighted by molar-refractivity contribution is 0.313. The number of rotatable bonds is 4. The number of hydrogen-bond donors (Lipinski definition) is 1. The van der Waals surface area contributed by atoms with Crippen molar-refractivity contribution in [1.29, 1.82) is 0 Å². The highest BCUT2D eigenvalue weighted by molar-refractivity contribution is 5.80. The summed E-state index contributed by atoms with van der Waals surface area (Å²) in [5.74, 6) is 0.760. The molecule has 1 atom stereocenters. The van der Waals surface area contributed by atoms with Gasteiger partial charge in [0.05, 0.1) is 6.04 Å². The number of para-hydroxylation sites is 1. The van der Waals surface area contributed by atoms with Gasteiger partial charge in [-0.25, -0.2) is 4.68 Å². The van der Waals surface area contributed by atoms with E-state index in [2.05, 4.69) is 62.7 Å². The monoisotopic (exact) mass is 440 g/mol. The van der Waals surface area contributed by atoms with Crippen LogP contribution in [0.4, 0.5) is 5.69 Å². The number of aromatic nitrogens is 5. The van der Waals surface area contributed by atoms with Crippen LogP contribution in [0.3, 0.4) is 0 Å². The van der Waals surface area contributed by atoms with E-state index in [-0.39, 0.29) is 17.6 Å². The van der Waals surface area contributed by atoms with Crippen LogP contribution in [-0.2, 0) is 6.42 Å². The van der Waals surface area contributed by atoms with Crippen LogP contribution < -0.4 is 10.5 Å². The third-order valence-corrected chi connectivity index (χ3v) is 7.24. The molecular formula is C26H28N6O. The number of benzene rings is 2. The van der Waals surface area contributed by atoms with Crippen LogP contribution in [0.15, 0.2) is 53.3 Å². The number of fused-ring (bicyclic) bond motifs is 2. The topological polar surface area (TPSA) is 79.7 Å². The van der Waals surface area contributed by atoms with Crippen molar-refractivity contribution in [2.24, 2.45) is 0 Å². The Morgan fingerprint density at radius 3 is 2.79 bits per heavy atom. The van der Waals surface area contributed by atoms with Crippen molar-refractivity contribution in [3.63, 3.8) is 0 Å². The third kappa shape index (κ3) is 3.52. The van der Waals surface area contributed by atoms with E-state index in [9.17, 15) is 4.79 Å². The standard InChI is InChI=1S/C26H28N6O/c1-17-11-12-22-19(15-17)16-21(26(33)27-22)24(31-14-13-18-7-5-6-10-23(18)31)25-28-29-30-32(25)20-8-3-2-4-9-20/h5-7,10-12,15-16,20,24H,2-4,8-9,13-14H2,1H3,(H,27,33)/t24-/m1/s1. The molecule has 7 nitrogen and oxygen atoms in total. The quantitative estimate of drug-likeness (QED) is 0.506. The van der Waals surface area contributed by atoms with Gasteiger partial charge in [0.2, 0.25) is 0 Å². The second kappa shape index (κ2) is 8.14. The molecule has 2 aromatic carbocycles. The Morgan fingerprint density at radius 1 is 1.06 bits per heavy atom. The van der Waals surface area contributed by atoms with E-state index in [0.29, 0.717) is 5.56 Å². The number of aromatic amines is 1. The van der Waals surface area contributed by atoms with E-state index in [0.717, 1.165) is 53.8 Å². The number of pyridine rings is 1. The molecule has 1 N–H and O–H groups in total. The van der Waals surface area contributed by atoms with E-state index in [1.807, 2.05) is 22.9 Å². The maximum Gasteiger partial charge on any atom is 0.254 e. The minimum atomic E-state index is -0.348. The van der Waals surface area contributed by atoms with E-state index >= 15 is 0 Å². The molecule has 1 aliphatic heterocycles. The van der Waals surface area contributed by atoms with Crippen LogP contribution >= 0.6 is 0 Å². The van der Waals surface area contributed by atoms with Crippen molar-refractivity contribution in [2.45, 2.75) is 57.5 Å². The Balaban J connectivity index is 1.55. The predicted molar refractivity (Wildman–Crippen MR) is 129 cm³/mol. The number of aryl methyl sites for hydroxylation is 1. The molecule has 0 saturated heterocycles.